The third-order valence-corrected chi connectivity index (χ3v) is 2.34. The predicted octanol–water partition coefficient (Wildman–Crippen LogP) is 2.11. The van der Waals surface area contributed by atoms with Crippen LogP contribution in [0.5, 0.6) is 0 Å². The summed E-state index contributed by atoms with van der Waals surface area (Å²) in [5, 5.41) is 9.37. The zero-order valence-corrected chi connectivity index (χ0v) is 6.64. The van der Waals surface area contributed by atoms with Gasteiger partial charge in [-0.25, -0.2) is 0 Å². The lowest BCUT2D eigenvalue weighted by atomic mass is 10.1. The van der Waals surface area contributed by atoms with E-state index in [0.717, 1.165) is 12.8 Å². The van der Waals surface area contributed by atoms with Crippen molar-refractivity contribution in [1.82, 2.24) is 0 Å². The van der Waals surface area contributed by atoms with Crippen molar-refractivity contribution in [2.75, 3.05) is 0 Å². The average molecular weight is 140 g/mol. The zero-order valence-electron chi connectivity index (χ0n) is 6.64. The lowest BCUT2D eigenvalue weighted by molar-refractivity contribution is 0.149. The van der Waals surface area contributed by atoms with Crippen molar-refractivity contribution in [3.05, 3.63) is 12.7 Å². The highest BCUT2D eigenvalue weighted by atomic mass is 16.3. The van der Waals surface area contributed by atoms with Crippen molar-refractivity contribution in [3.63, 3.8) is 0 Å². The highest BCUT2D eigenvalue weighted by molar-refractivity contribution is 4.99. The van der Waals surface area contributed by atoms with Gasteiger partial charge in [0.05, 0.1) is 5.60 Å². The first-order chi connectivity index (χ1) is 4.67. The van der Waals surface area contributed by atoms with Crippen LogP contribution in [0.25, 0.3) is 0 Å². The number of rotatable bonds is 4. The molecule has 1 nitrogen and oxygen atoms in total. The van der Waals surface area contributed by atoms with Gasteiger partial charge in [0.1, 0.15) is 0 Å². The quantitative estimate of drug-likeness (QED) is 0.468. The summed E-state index contributed by atoms with van der Waals surface area (Å²) in [6.45, 7) is 5.57. The van der Waals surface area contributed by atoms with E-state index in [1.165, 1.54) is 12.8 Å². The number of hydrogen-bond acceptors (Lipinski definition) is 1. The topological polar surface area (TPSA) is 20.2 Å². The number of allylic oxidation sites excluding steroid dienone is 1. The van der Waals surface area contributed by atoms with Gasteiger partial charge in [-0.15, -0.1) is 6.58 Å². The Kier molecular flexibility index (Phi) is 2.14. The molecule has 10 heavy (non-hydrogen) atoms. The smallest absolute Gasteiger partial charge is 0.0652 e. The van der Waals surface area contributed by atoms with Crippen molar-refractivity contribution in [3.8, 4) is 0 Å². The second kappa shape index (κ2) is 2.75. The van der Waals surface area contributed by atoms with Gasteiger partial charge >= 0.3 is 0 Å². The van der Waals surface area contributed by atoms with Crippen LogP contribution in [0.2, 0.25) is 0 Å². The molecule has 0 aromatic rings. The fourth-order valence-electron chi connectivity index (χ4n) is 1.36. The molecule has 1 N–H and O–H groups in total. The van der Waals surface area contributed by atoms with Crippen LogP contribution in [0.15, 0.2) is 12.7 Å². The van der Waals surface area contributed by atoms with Gasteiger partial charge in [0.2, 0.25) is 0 Å². The van der Waals surface area contributed by atoms with E-state index < -0.39 is 0 Å². The van der Waals surface area contributed by atoms with Crippen LogP contribution in [-0.2, 0) is 0 Å². The molecule has 1 fully saturated rings. The maximum Gasteiger partial charge on any atom is 0.0652 e. The minimum absolute atomic E-state index is 0.318. The third-order valence-electron chi connectivity index (χ3n) is 2.34. The molecule has 1 aliphatic carbocycles. The van der Waals surface area contributed by atoms with E-state index in [9.17, 15) is 5.11 Å². The Labute approximate surface area is 62.8 Å². The van der Waals surface area contributed by atoms with Crippen LogP contribution in [0.1, 0.15) is 32.6 Å². The second-order valence-corrected chi connectivity index (χ2v) is 3.48. The van der Waals surface area contributed by atoms with Gasteiger partial charge in [-0.3, -0.25) is 0 Å². The van der Waals surface area contributed by atoms with Crippen LogP contribution >= 0.6 is 0 Å². The number of hydrogen-bond donors (Lipinski definition) is 1. The van der Waals surface area contributed by atoms with Crippen LogP contribution in [-0.4, -0.2) is 10.7 Å². The Morgan fingerprint density at radius 3 is 2.80 bits per heavy atom. The molecule has 0 saturated heterocycles. The molecular formula is C9H16O. The number of aliphatic hydroxyl groups is 1. The lowest BCUT2D eigenvalue weighted by Crippen LogP contribution is -2.02. The normalized spacial score (nSPS) is 37.6. The standard InChI is InChI=1S/C9H16O/c1-3-4-5-6-8-7-9(8,2)10/h3,8,10H,1,4-7H2,2H3/t8-,9-/m0/s1. The van der Waals surface area contributed by atoms with E-state index >= 15 is 0 Å². The first-order valence-electron chi connectivity index (χ1n) is 4.00. The Bertz CT molecular complexity index is 127. The molecule has 0 spiro atoms. The minimum atomic E-state index is -0.318. The Morgan fingerprint density at radius 2 is 2.40 bits per heavy atom. The molecule has 1 heteroatoms. The van der Waals surface area contributed by atoms with Gasteiger partial charge in [0, 0.05) is 0 Å². The van der Waals surface area contributed by atoms with Crippen molar-refractivity contribution in [2.24, 2.45) is 5.92 Å². The molecule has 1 saturated carbocycles. The fraction of sp³-hybridized carbons (Fsp3) is 0.778. The minimum Gasteiger partial charge on any atom is -0.390 e. The van der Waals surface area contributed by atoms with E-state index in [-0.39, 0.29) is 5.60 Å². The molecule has 58 valence electrons. The summed E-state index contributed by atoms with van der Waals surface area (Å²) in [5.74, 6) is 0.576. The van der Waals surface area contributed by atoms with Gasteiger partial charge in [0.15, 0.2) is 0 Å². The van der Waals surface area contributed by atoms with Gasteiger partial charge in [-0.1, -0.05) is 6.08 Å². The SMILES string of the molecule is C=CCCC[C@H]1C[C@]1(C)O. The van der Waals surface area contributed by atoms with Gasteiger partial charge in [-0.05, 0) is 38.5 Å². The highest BCUT2D eigenvalue weighted by Gasteiger charge is 2.47. The molecule has 0 aromatic carbocycles. The van der Waals surface area contributed by atoms with Crippen molar-refractivity contribution in [1.29, 1.82) is 0 Å². The summed E-state index contributed by atoms with van der Waals surface area (Å²) in [4.78, 5) is 0. The predicted molar refractivity (Wildman–Crippen MR) is 42.8 cm³/mol. The van der Waals surface area contributed by atoms with Gasteiger partial charge < -0.3 is 5.11 Å². The molecule has 0 aromatic heterocycles. The molecule has 0 radical (unpaired) electrons. The largest absolute Gasteiger partial charge is 0.390 e. The molecule has 0 bridgehead atoms. The highest BCUT2D eigenvalue weighted by Crippen LogP contribution is 2.45. The summed E-state index contributed by atoms with van der Waals surface area (Å²) in [6, 6.07) is 0. The van der Waals surface area contributed by atoms with Crippen LogP contribution in [0.3, 0.4) is 0 Å². The first-order valence-corrected chi connectivity index (χ1v) is 4.00. The fourth-order valence-corrected chi connectivity index (χ4v) is 1.36. The van der Waals surface area contributed by atoms with Crippen molar-refractivity contribution < 1.29 is 5.11 Å². The van der Waals surface area contributed by atoms with E-state index in [1.54, 1.807) is 0 Å². The Hall–Kier alpha value is -0.300. The summed E-state index contributed by atoms with van der Waals surface area (Å²) in [5.41, 5.74) is -0.318. The van der Waals surface area contributed by atoms with Gasteiger partial charge in [0.25, 0.3) is 0 Å². The van der Waals surface area contributed by atoms with Crippen LogP contribution in [0, 0.1) is 5.92 Å². The van der Waals surface area contributed by atoms with E-state index in [0.29, 0.717) is 5.92 Å². The van der Waals surface area contributed by atoms with E-state index in [2.05, 4.69) is 6.58 Å². The Morgan fingerprint density at radius 1 is 1.80 bits per heavy atom. The van der Waals surface area contributed by atoms with Crippen molar-refractivity contribution >= 4 is 0 Å². The third kappa shape index (κ3) is 1.84. The average Bonchev–Trinajstić information content (AvgIpc) is 2.41. The Balaban J connectivity index is 2.02. The van der Waals surface area contributed by atoms with E-state index in [4.69, 9.17) is 0 Å². The van der Waals surface area contributed by atoms with Crippen molar-refractivity contribution in [2.45, 2.75) is 38.2 Å². The second-order valence-electron chi connectivity index (χ2n) is 3.48. The van der Waals surface area contributed by atoms with Crippen LogP contribution < -0.4 is 0 Å². The molecule has 2 atom stereocenters. The molecular weight excluding hydrogens is 124 g/mol. The molecule has 1 rings (SSSR count). The summed E-state index contributed by atoms with van der Waals surface area (Å²) < 4.78 is 0. The molecule has 0 aliphatic heterocycles. The van der Waals surface area contributed by atoms with Gasteiger partial charge in [-0.2, -0.15) is 0 Å². The number of unbranched alkanes of at least 4 members (excludes halogenated alkanes) is 1. The maximum atomic E-state index is 9.37. The maximum absolute atomic E-state index is 9.37. The molecule has 1 aliphatic rings. The summed E-state index contributed by atoms with van der Waals surface area (Å²) in [6.07, 6.45) is 6.39. The zero-order chi connectivity index (χ0) is 7.61. The van der Waals surface area contributed by atoms with Crippen LogP contribution in [0.4, 0.5) is 0 Å². The molecule has 0 unspecified atom stereocenters. The molecule has 0 amide bonds. The monoisotopic (exact) mass is 140 g/mol. The lowest BCUT2D eigenvalue weighted by Gasteiger charge is -1.99. The van der Waals surface area contributed by atoms with E-state index in [1.807, 2.05) is 13.0 Å². The first kappa shape index (κ1) is 7.80. The summed E-state index contributed by atoms with van der Waals surface area (Å²) in [7, 11) is 0. The molecule has 0 heterocycles. The summed E-state index contributed by atoms with van der Waals surface area (Å²) >= 11 is 0.